The first-order chi connectivity index (χ1) is 12.2. The number of hydrogen-bond acceptors (Lipinski definition) is 5. The molecule has 5 nitrogen and oxygen atoms in total. The number of rotatable bonds is 6. The maximum atomic E-state index is 6.03. The van der Waals surface area contributed by atoms with Gasteiger partial charge in [-0.15, -0.1) is 0 Å². The summed E-state index contributed by atoms with van der Waals surface area (Å²) in [5.41, 5.74) is 16.6. The van der Waals surface area contributed by atoms with Crippen molar-refractivity contribution < 1.29 is 4.74 Å². The molecule has 0 radical (unpaired) electrons. The lowest BCUT2D eigenvalue weighted by atomic mass is 9.99. The van der Waals surface area contributed by atoms with E-state index >= 15 is 0 Å². The first kappa shape index (κ1) is 16.8. The van der Waals surface area contributed by atoms with Gasteiger partial charge in [-0.2, -0.15) is 0 Å². The zero-order valence-electron chi connectivity index (χ0n) is 14.3. The van der Waals surface area contributed by atoms with Crippen molar-refractivity contribution in [2.45, 2.75) is 19.8 Å². The second-order valence-electron chi connectivity index (χ2n) is 5.90. The minimum absolute atomic E-state index is 0.374. The number of nitrogens with two attached hydrogens (primary N) is 2. The van der Waals surface area contributed by atoms with Crippen LogP contribution in [0.2, 0.25) is 0 Å². The molecule has 0 saturated carbocycles. The smallest absolute Gasteiger partial charge is 0.146 e. The average molecular weight is 334 g/mol. The summed E-state index contributed by atoms with van der Waals surface area (Å²) in [5, 5.41) is 0. The molecule has 0 bridgehead atoms. The van der Waals surface area contributed by atoms with Gasteiger partial charge in [-0.3, -0.25) is 4.98 Å². The van der Waals surface area contributed by atoms with Crippen LogP contribution >= 0.6 is 0 Å². The van der Waals surface area contributed by atoms with Gasteiger partial charge in [0.2, 0.25) is 0 Å². The third-order valence-corrected chi connectivity index (χ3v) is 3.95. The van der Waals surface area contributed by atoms with Crippen LogP contribution in [0.3, 0.4) is 0 Å². The second-order valence-corrected chi connectivity index (χ2v) is 5.90. The Morgan fingerprint density at radius 1 is 1.04 bits per heavy atom. The monoisotopic (exact) mass is 334 g/mol. The molecule has 0 amide bonds. The number of benzene rings is 1. The van der Waals surface area contributed by atoms with Crippen molar-refractivity contribution in [3.05, 3.63) is 66.1 Å². The summed E-state index contributed by atoms with van der Waals surface area (Å²) in [7, 11) is 0. The van der Waals surface area contributed by atoms with Gasteiger partial charge in [-0.05, 0) is 41.7 Å². The molecule has 25 heavy (non-hydrogen) atoms. The first-order valence-corrected chi connectivity index (χ1v) is 8.33. The SMILES string of the molecule is CCCOc1cncc(-c2cccc(Cc3ccnc(N)c3N)c2)c1. The van der Waals surface area contributed by atoms with E-state index in [1.807, 2.05) is 24.4 Å². The van der Waals surface area contributed by atoms with Crippen LogP contribution < -0.4 is 16.2 Å². The number of aromatic nitrogens is 2. The van der Waals surface area contributed by atoms with Crippen LogP contribution in [0.1, 0.15) is 24.5 Å². The van der Waals surface area contributed by atoms with Gasteiger partial charge in [-0.25, -0.2) is 4.98 Å². The number of ether oxygens (including phenoxy) is 1. The standard InChI is InChI=1S/C20H22N4O/c1-2-8-25-18-11-17(12-23-13-18)15-5-3-4-14(9-15)10-16-6-7-24-20(22)19(16)21/h3-7,9,11-13H,2,8,10,21H2,1H3,(H2,22,24). The van der Waals surface area contributed by atoms with E-state index in [4.69, 9.17) is 16.2 Å². The minimum atomic E-state index is 0.374. The molecule has 0 atom stereocenters. The third-order valence-electron chi connectivity index (χ3n) is 3.95. The Hall–Kier alpha value is -3.08. The Morgan fingerprint density at radius 3 is 2.76 bits per heavy atom. The van der Waals surface area contributed by atoms with Gasteiger partial charge in [0.25, 0.3) is 0 Å². The van der Waals surface area contributed by atoms with Gasteiger partial charge in [0.05, 0.1) is 18.5 Å². The molecule has 1 aromatic carbocycles. The Morgan fingerprint density at radius 2 is 1.92 bits per heavy atom. The van der Waals surface area contributed by atoms with Gasteiger partial charge in [0, 0.05) is 18.0 Å². The highest BCUT2D eigenvalue weighted by Gasteiger charge is 2.07. The molecule has 0 saturated heterocycles. The van der Waals surface area contributed by atoms with Crippen LogP contribution in [0.15, 0.2) is 55.0 Å². The van der Waals surface area contributed by atoms with Crippen molar-refractivity contribution in [3.8, 4) is 16.9 Å². The van der Waals surface area contributed by atoms with E-state index in [1.54, 1.807) is 12.4 Å². The Labute approximate surface area is 147 Å². The summed E-state index contributed by atoms with van der Waals surface area (Å²) in [6, 6.07) is 12.2. The zero-order valence-corrected chi connectivity index (χ0v) is 14.3. The average Bonchev–Trinajstić information content (AvgIpc) is 2.64. The lowest BCUT2D eigenvalue weighted by Crippen LogP contribution is -2.02. The number of anilines is 2. The van der Waals surface area contributed by atoms with E-state index in [1.165, 1.54) is 0 Å². The molecule has 4 N–H and O–H groups in total. The molecule has 0 fully saturated rings. The van der Waals surface area contributed by atoms with Crippen LogP contribution in [0.4, 0.5) is 11.5 Å². The topological polar surface area (TPSA) is 87.0 Å². The van der Waals surface area contributed by atoms with Crippen LogP contribution in [0, 0.1) is 0 Å². The van der Waals surface area contributed by atoms with Crippen molar-refractivity contribution in [3.63, 3.8) is 0 Å². The van der Waals surface area contributed by atoms with Crippen LogP contribution in [0.25, 0.3) is 11.1 Å². The van der Waals surface area contributed by atoms with Gasteiger partial charge < -0.3 is 16.2 Å². The van der Waals surface area contributed by atoms with E-state index in [0.717, 1.165) is 34.4 Å². The molecule has 0 unspecified atom stereocenters. The normalized spacial score (nSPS) is 10.6. The van der Waals surface area contributed by atoms with Crippen LogP contribution in [-0.4, -0.2) is 16.6 Å². The zero-order chi connectivity index (χ0) is 17.6. The van der Waals surface area contributed by atoms with E-state index in [-0.39, 0.29) is 0 Å². The molecular formula is C20H22N4O. The fraction of sp³-hybridized carbons (Fsp3) is 0.200. The lowest BCUT2D eigenvalue weighted by Gasteiger charge is -2.10. The number of nitrogens with zero attached hydrogens (tertiary/aromatic N) is 2. The predicted molar refractivity (Wildman–Crippen MR) is 101 cm³/mol. The molecule has 3 aromatic rings. The maximum Gasteiger partial charge on any atom is 0.146 e. The van der Waals surface area contributed by atoms with Gasteiger partial charge >= 0.3 is 0 Å². The molecular weight excluding hydrogens is 312 g/mol. The maximum absolute atomic E-state index is 6.03. The Bertz CT molecular complexity index is 864. The fourth-order valence-electron chi connectivity index (χ4n) is 2.64. The van der Waals surface area contributed by atoms with Gasteiger partial charge in [0.15, 0.2) is 0 Å². The molecule has 2 heterocycles. The highest BCUT2D eigenvalue weighted by molar-refractivity contribution is 5.66. The van der Waals surface area contributed by atoms with Crippen LogP contribution in [-0.2, 0) is 6.42 Å². The quantitative estimate of drug-likeness (QED) is 0.718. The van der Waals surface area contributed by atoms with E-state index in [2.05, 4.69) is 35.1 Å². The largest absolute Gasteiger partial charge is 0.492 e. The van der Waals surface area contributed by atoms with Crippen molar-refractivity contribution in [1.29, 1.82) is 0 Å². The fourth-order valence-corrected chi connectivity index (χ4v) is 2.64. The van der Waals surface area contributed by atoms with Gasteiger partial charge in [0.1, 0.15) is 11.6 Å². The summed E-state index contributed by atoms with van der Waals surface area (Å²) in [6.07, 6.45) is 6.94. The summed E-state index contributed by atoms with van der Waals surface area (Å²) < 4.78 is 5.67. The number of nitrogen functional groups attached to an aromatic ring is 2. The van der Waals surface area contributed by atoms with Crippen molar-refractivity contribution in [1.82, 2.24) is 9.97 Å². The second kappa shape index (κ2) is 7.66. The van der Waals surface area contributed by atoms with Crippen molar-refractivity contribution in [2.24, 2.45) is 0 Å². The predicted octanol–water partition coefficient (Wildman–Crippen LogP) is 3.69. The Balaban J connectivity index is 1.85. The van der Waals surface area contributed by atoms with Crippen molar-refractivity contribution >= 4 is 11.5 Å². The highest BCUT2D eigenvalue weighted by atomic mass is 16.5. The highest BCUT2D eigenvalue weighted by Crippen LogP contribution is 2.26. The Kier molecular flexibility index (Phi) is 5.14. The number of hydrogen-bond donors (Lipinski definition) is 2. The van der Waals surface area contributed by atoms with E-state index in [9.17, 15) is 0 Å². The molecule has 5 heteroatoms. The summed E-state index contributed by atoms with van der Waals surface area (Å²) >= 11 is 0. The molecule has 128 valence electrons. The van der Waals surface area contributed by atoms with Crippen molar-refractivity contribution in [2.75, 3.05) is 18.1 Å². The molecule has 0 aliphatic heterocycles. The molecule has 3 rings (SSSR count). The summed E-state index contributed by atoms with van der Waals surface area (Å²) in [4.78, 5) is 8.29. The van der Waals surface area contributed by atoms with E-state index < -0.39 is 0 Å². The first-order valence-electron chi connectivity index (χ1n) is 8.33. The minimum Gasteiger partial charge on any atom is -0.492 e. The molecule has 0 aliphatic rings. The van der Waals surface area contributed by atoms with Crippen LogP contribution in [0.5, 0.6) is 5.75 Å². The molecule has 2 aromatic heterocycles. The third kappa shape index (κ3) is 4.07. The van der Waals surface area contributed by atoms with E-state index in [0.29, 0.717) is 24.5 Å². The molecule has 0 spiro atoms. The summed E-state index contributed by atoms with van der Waals surface area (Å²) in [6.45, 7) is 2.77. The summed E-state index contributed by atoms with van der Waals surface area (Å²) in [5.74, 6) is 1.16. The lowest BCUT2D eigenvalue weighted by molar-refractivity contribution is 0.316. The number of pyridine rings is 2. The van der Waals surface area contributed by atoms with Gasteiger partial charge in [-0.1, -0.05) is 31.2 Å². The molecule has 0 aliphatic carbocycles.